The van der Waals surface area contributed by atoms with Crippen molar-refractivity contribution < 1.29 is 114 Å². The number of nitro benzene ring substituents is 2. The Morgan fingerprint density at radius 2 is 1.04 bits per heavy atom. The number of hydrogen-bond donors (Lipinski definition) is 6. The number of aromatic carboxylic acids is 1. The number of rotatable bonds is 27. The molecule has 97 heavy (non-hydrogen) atoms. The van der Waals surface area contributed by atoms with Crippen LogP contribution in [0.4, 0.5) is 21.0 Å². The third kappa shape index (κ3) is 17.4. The minimum absolute atomic E-state index is 0.00613. The second-order valence-corrected chi connectivity index (χ2v) is 28.4. The number of carboxylic acid groups (broad SMARTS) is 1. The van der Waals surface area contributed by atoms with E-state index >= 15 is 0 Å². The number of nitrogens with one attached hydrogen (secondary N) is 2. The van der Waals surface area contributed by atoms with Crippen LogP contribution in [0.1, 0.15) is 62.0 Å². The molecule has 5 aromatic rings. The van der Waals surface area contributed by atoms with Gasteiger partial charge in [0.2, 0.25) is 39.4 Å². The molecule has 6 heterocycles. The smallest absolute Gasteiger partial charge is 0.407 e. The number of non-ortho nitro benzene ring substituents is 1. The number of carboxylic acids is 1. The number of aliphatic hydroxyl groups excluding tert-OH is 2. The Morgan fingerprint density at radius 1 is 0.598 bits per heavy atom. The largest absolute Gasteiger partial charge is 0.508 e. The van der Waals surface area contributed by atoms with E-state index in [9.17, 15) is 71.9 Å². The molecule has 4 fully saturated rings. The summed E-state index contributed by atoms with van der Waals surface area (Å²) in [6.07, 6.45) is -5.07. The second-order valence-electron chi connectivity index (χ2n) is 24.5. The number of aliphatic hydroxyl groups is 2. The molecule has 6 N–H and O–H groups in total. The highest BCUT2D eigenvalue weighted by Crippen LogP contribution is 2.41. The summed E-state index contributed by atoms with van der Waals surface area (Å²) in [6.45, 7) is 7.99. The number of phenols is 1. The van der Waals surface area contributed by atoms with E-state index in [0.29, 0.717) is 61.0 Å². The molecular weight excluding hydrogens is 1320 g/mol. The van der Waals surface area contributed by atoms with E-state index in [1.807, 2.05) is 13.8 Å². The fourth-order valence-electron chi connectivity index (χ4n) is 11.8. The monoisotopic (exact) mass is 1390 g/mol. The predicted octanol–water partition coefficient (Wildman–Crippen LogP) is 6.06. The Hall–Kier alpha value is -8.71. The van der Waals surface area contributed by atoms with Crippen molar-refractivity contribution in [3.8, 4) is 40.2 Å². The first-order valence-corrected chi connectivity index (χ1v) is 33.9. The molecule has 0 aromatic heterocycles. The van der Waals surface area contributed by atoms with Gasteiger partial charge < -0.3 is 83.2 Å². The summed E-state index contributed by atoms with van der Waals surface area (Å²) in [4.78, 5) is 59.2. The van der Waals surface area contributed by atoms with Crippen molar-refractivity contribution in [2.24, 2.45) is 23.7 Å². The van der Waals surface area contributed by atoms with Crippen molar-refractivity contribution in [2.45, 2.75) is 112 Å². The molecule has 0 unspecified atom stereocenters. The normalized spacial score (nSPS) is 21.1. The maximum atomic E-state index is 14.0. The fourth-order valence-corrected chi connectivity index (χ4v) is 15.0. The minimum atomic E-state index is -4.22. The van der Waals surface area contributed by atoms with Crippen LogP contribution in [0.5, 0.6) is 40.2 Å². The summed E-state index contributed by atoms with van der Waals surface area (Å²) in [6, 6.07) is 19.7. The zero-order valence-corrected chi connectivity index (χ0v) is 54.6. The van der Waals surface area contributed by atoms with Gasteiger partial charge in [-0.3, -0.25) is 20.2 Å². The number of benzene rings is 5. The third-order valence-corrected chi connectivity index (χ3v) is 20.2. The summed E-state index contributed by atoms with van der Waals surface area (Å²) in [5.41, 5.74) is -1.41. The zero-order valence-electron chi connectivity index (χ0n) is 52.9. The van der Waals surface area contributed by atoms with Crippen LogP contribution in [0.15, 0.2) is 107 Å². The van der Waals surface area contributed by atoms with Crippen molar-refractivity contribution in [2.75, 3.05) is 66.2 Å². The van der Waals surface area contributed by atoms with E-state index in [4.69, 9.17) is 52.1 Å². The van der Waals surface area contributed by atoms with E-state index in [1.54, 1.807) is 26.0 Å². The van der Waals surface area contributed by atoms with Gasteiger partial charge in [0.1, 0.15) is 29.3 Å². The molecule has 6 aliphatic heterocycles. The lowest BCUT2D eigenvalue weighted by atomic mass is 10.0. The first-order chi connectivity index (χ1) is 46.2. The van der Waals surface area contributed by atoms with Crippen LogP contribution >= 0.6 is 0 Å². The van der Waals surface area contributed by atoms with Crippen LogP contribution in [-0.2, 0) is 61.3 Å². The number of aromatic hydroxyl groups is 1. The van der Waals surface area contributed by atoms with Gasteiger partial charge in [-0.25, -0.2) is 31.2 Å². The molecule has 0 aliphatic carbocycles. The van der Waals surface area contributed by atoms with Crippen molar-refractivity contribution in [1.82, 2.24) is 19.2 Å². The first kappa shape index (κ1) is 71.1. The van der Waals surface area contributed by atoms with Gasteiger partial charge in [-0.2, -0.15) is 8.61 Å². The SMILES string of the molecule is CC(C)CN(C[C@@H](O)[C@H](Cc1ccc(O)cc1)NC(=O)O[C@H]1CO[C@H]2OCC[C@H]21)S(=O)(=O)c1ccc2c(c1)OCO2.CC(C)CN(C[C@@H](O)[C@H](Cc1ccc(Oc2c(C(=O)O)cc([N+](=O)[O-])cc2[N+](=O)[O-])cc1)NC(=O)O[C@H]1CO[C@H]2OCC[C@H]21)S(=O)(=O)c1ccc2c(c1)OCO2. The lowest BCUT2D eigenvalue weighted by Gasteiger charge is -2.31. The number of hydrogen-bond acceptors (Lipinski definition) is 25. The van der Waals surface area contributed by atoms with Crippen LogP contribution < -0.4 is 34.3 Å². The van der Waals surface area contributed by atoms with Crippen LogP contribution in [0, 0.1) is 43.9 Å². The van der Waals surface area contributed by atoms with Crippen LogP contribution in [0.3, 0.4) is 0 Å². The Labute approximate surface area is 556 Å². The summed E-state index contributed by atoms with van der Waals surface area (Å²) >= 11 is 0. The quantitative estimate of drug-likeness (QED) is 0.0257. The minimum Gasteiger partial charge on any atom is -0.508 e. The number of alkyl carbamates (subject to hydrolysis) is 2. The highest BCUT2D eigenvalue weighted by Gasteiger charge is 2.46. The lowest BCUT2D eigenvalue weighted by molar-refractivity contribution is -0.394. The number of sulfonamides is 2. The van der Waals surface area contributed by atoms with Crippen molar-refractivity contribution in [3.05, 3.63) is 134 Å². The van der Waals surface area contributed by atoms with E-state index in [1.165, 1.54) is 77.1 Å². The number of nitrogens with zero attached hydrogens (tertiary/aromatic N) is 4. The van der Waals surface area contributed by atoms with E-state index in [0.717, 1.165) is 9.87 Å². The molecular formula is C63H74N6O26S2. The lowest BCUT2D eigenvalue weighted by Crippen LogP contribution is -2.51. The van der Waals surface area contributed by atoms with Gasteiger partial charge in [0.15, 0.2) is 35.6 Å². The molecule has 2 amide bonds. The van der Waals surface area contributed by atoms with E-state index in [-0.39, 0.29) is 110 Å². The van der Waals surface area contributed by atoms with Gasteiger partial charge >= 0.3 is 23.8 Å². The maximum absolute atomic E-state index is 14.0. The first-order valence-electron chi connectivity index (χ1n) is 31.0. The molecule has 5 aromatic carbocycles. The van der Waals surface area contributed by atoms with Crippen LogP contribution in [0.2, 0.25) is 0 Å². The van der Waals surface area contributed by atoms with Gasteiger partial charge in [-0.1, -0.05) is 52.0 Å². The molecule has 0 saturated carbocycles. The summed E-state index contributed by atoms with van der Waals surface area (Å²) in [7, 11) is -8.27. The van der Waals surface area contributed by atoms with Gasteiger partial charge in [0, 0.05) is 44.4 Å². The Bertz CT molecular complexity index is 3870. The Morgan fingerprint density at radius 3 is 1.46 bits per heavy atom. The van der Waals surface area contributed by atoms with Crippen LogP contribution in [0.25, 0.3) is 0 Å². The van der Waals surface area contributed by atoms with Gasteiger partial charge in [-0.15, -0.1) is 0 Å². The Balaban J connectivity index is 0.000000221. The van der Waals surface area contributed by atoms with Crippen molar-refractivity contribution in [1.29, 1.82) is 0 Å². The van der Waals surface area contributed by atoms with Gasteiger partial charge in [-0.05, 0) is 97.2 Å². The number of fused-ring (bicyclic) bond motifs is 4. The number of phenolic OH excluding ortho intramolecular Hbond substituents is 1. The molecule has 34 heteroatoms. The van der Waals surface area contributed by atoms with Gasteiger partial charge in [0.25, 0.3) is 5.69 Å². The van der Waals surface area contributed by atoms with E-state index in [2.05, 4.69) is 10.6 Å². The maximum Gasteiger partial charge on any atom is 0.407 e. The number of carbonyl (C=O) groups excluding carboxylic acids is 2. The number of carbonyl (C=O) groups is 3. The summed E-state index contributed by atoms with van der Waals surface area (Å²) < 4.78 is 118. The number of ether oxygens (including phenoxy) is 11. The molecule has 32 nitrogen and oxygen atoms in total. The van der Waals surface area contributed by atoms with E-state index < -0.39 is 126 Å². The Kier molecular flexibility index (Phi) is 22.6. The highest BCUT2D eigenvalue weighted by atomic mass is 32.2. The molecule has 524 valence electrons. The molecule has 0 radical (unpaired) electrons. The number of nitro groups is 2. The second kappa shape index (κ2) is 30.8. The molecule has 11 rings (SSSR count). The predicted molar refractivity (Wildman–Crippen MR) is 335 cm³/mol. The number of amides is 2. The molecule has 4 saturated heterocycles. The average Bonchev–Trinajstić information content (AvgIpc) is 1.80. The molecule has 6 aliphatic rings. The molecule has 0 spiro atoms. The topological polar surface area (TPSA) is 419 Å². The molecule has 10 atom stereocenters. The average molecular weight is 1400 g/mol. The van der Waals surface area contributed by atoms with Crippen molar-refractivity contribution >= 4 is 49.6 Å². The van der Waals surface area contributed by atoms with Crippen LogP contribution in [-0.4, -0.2) is 189 Å². The summed E-state index contributed by atoms with van der Waals surface area (Å²) in [5, 5.41) is 70.9. The zero-order chi connectivity index (χ0) is 69.5. The summed E-state index contributed by atoms with van der Waals surface area (Å²) in [5.74, 6) is -1.49. The highest BCUT2D eigenvalue weighted by molar-refractivity contribution is 7.89. The molecule has 0 bridgehead atoms. The van der Waals surface area contributed by atoms with Gasteiger partial charge in [0.05, 0.1) is 88.3 Å². The van der Waals surface area contributed by atoms with Crippen molar-refractivity contribution in [3.63, 3.8) is 0 Å². The standard InChI is InChI=1S/C35H38N4O16S.C28H36N2O10S/c1-19(2)15-37(56(48,49)23-7-8-29-30(14-23)53-18-52-29)16-28(40)26(36-35(43)55-31-17-51-34-24(31)9-10-50-34)11-20-3-5-22(6-4-20)54-32-25(33(41)42)12-21(38(44)45)13-27(32)39(46)47;1-17(2)13-30(41(34,35)20-7-8-24-25(12-20)39-16-38-24)14-23(32)22(11-18-3-5-19(31)6-4-18)29-28(33)40-26-15-37-27-21(26)9-10-36-27/h3-8,12-14,19,24,26,28,31,34,40H,9-11,15-18H2,1-2H3,(H,36,43)(H,41,42);3-8,12,17,21-23,26-27,31-32H,9-11,13-16H2,1-2H3,(H,29,33)/t24-,26-,28+,31-,34+;21-,22-,23+,26-,27+/m00/s1. The third-order valence-electron chi connectivity index (χ3n) is 16.6. The fraction of sp³-hybridized carbons (Fsp3) is 0.476.